The largest absolute Gasteiger partial charge is 0.465 e. The summed E-state index contributed by atoms with van der Waals surface area (Å²) in [5.74, 6) is -7.14. The zero-order chi connectivity index (χ0) is 42.8. The number of alkyl carbamates (subject to hydrolysis) is 1. The number of methoxy groups -OCH3 is 1. The lowest BCUT2D eigenvalue weighted by Gasteiger charge is -2.48. The minimum atomic E-state index is -2.36. The summed E-state index contributed by atoms with van der Waals surface area (Å²) >= 11 is 5.95. The van der Waals surface area contributed by atoms with Crippen molar-refractivity contribution in [3.63, 3.8) is 0 Å². The minimum absolute atomic E-state index is 0.0908. The van der Waals surface area contributed by atoms with Crippen LogP contribution in [-0.2, 0) is 77.8 Å². The van der Waals surface area contributed by atoms with Gasteiger partial charge in [-0.25, -0.2) is 9.59 Å². The van der Waals surface area contributed by atoms with Gasteiger partial charge in [0, 0.05) is 39.3 Å². The number of rotatable bonds is 21. The molecule has 20 heteroatoms. The fraction of sp³-hybridized carbons (Fsp3) is 0.649. The first-order valence-electron chi connectivity index (χ1n) is 18.1. The summed E-state index contributed by atoms with van der Waals surface area (Å²) in [7, 11) is 1.06. The molecular formula is C37H54ClN3O16. The molecule has 0 aliphatic carbocycles. The van der Waals surface area contributed by atoms with E-state index >= 15 is 0 Å². The van der Waals surface area contributed by atoms with Crippen molar-refractivity contribution >= 4 is 53.4 Å². The highest BCUT2D eigenvalue weighted by molar-refractivity contribution is 6.30. The van der Waals surface area contributed by atoms with E-state index < -0.39 is 96.6 Å². The van der Waals surface area contributed by atoms with Crippen LogP contribution in [0.2, 0.25) is 5.02 Å². The summed E-state index contributed by atoms with van der Waals surface area (Å²) in [6.45, 7) is 9.39. The number of carbonyl (C=O) groups is 7. The van der Waals surface area contributed by atoms with E-state index in [1.54, 1.807) is 45.0 Å². The zero-order valence-corrected chi connectivity index (χ0v) is 34.2. The smallest absolute Gasteiger partial charge is 0.407 e. The SMILES string of the molecule is COC(=O)[C@@]1(OCCOCCOCCNC(=O)OC(C)(C)C)C[C@H](OC(C)=O)[C@@H](NC(C)=O)[C@H]([C@H](OC(C)=O)[C@@H](CNC(=O)Cc2ccc(Cl)cc2)OC(C)=O)O1. The molecule has 0 unspecified atom stereocenters. The fourth-order valence-electron chi connectivity index (χ4n) is 5.57. The molecule has 6 atom stereocenters. The van der Waals surface area contributed by atoms with Gasteiger partial charge < -0.3 is 58.6 Å². The zero-order valence-electron chi connectivity index (χ0n) is 33.5. The van der Waals surface area contributed by atoms with Crippen LogP contribution in [0.3, 0.4) is 0 Å². The quantitative estimate of drug-likeness (QED) is 0.0905. The van der Waals surface area contributed by atoms with Crippen LogP contribution in [0, 0.1) is 0 Å². The summed E-state index contributed by atoms with van der Waals surface area (Å²) in [6, 6.07) is 5.18. The Morgan fingerprint density at radius 1 is 0.860 bits per heavy atom. The van der Waals surface area contributed by atoms with E-state index in [1.165, 1.54) is 6.92 Å². The highest BCUT2D eigenvalue weighted by Crippen LogP contribution is 2.37. The molecule has 1 heterocycles. The summed E-state index contributed by atoms with van der Waals surface area (Å²) < 4.78 is 50.2. The molecule has 57 heavy (non-hydrogen) atoms. The van der Waals surface area contributed by atoms with Crippen LogP contribution in [0.5, 0.6) is 0 Å². The number of ether oxygens (including phenoxy) is 9. The molecule has 1 saturated heterocycles. The second-order valence-electron chi connectivity index (χ2n) is 13.7. The lowest BCUT2D eigenvalue weighted by Crippen LogP contribution is -2.69. The van der Waals surface area contributed by atoms with Gasteiger partial charge in [0.05, 0.1) is 65.6 Å². The highest BCUT2D eigenvalue weighted by Gasteiger charge is 2.59. The van der Waals surface area contributed by atoms with Gasteiger partial charge in [0.25, 0.3) is 5.79 Å². The van der Waals surface area contributed by atoms with Crippen molar-refractivity contribution in [2.75, 3.05) is 53.2 Å². The number of nitrogens with one attached hydrogen (secondary N) is 3. The Hall–Kier alpha value is -4.56. The van der Waals surface area contributed by atoms with E-state index in [2.05, 4.69) is 16.0 Å². The molecule has 3 N–H and O–H groups in total. The van der Waals surface area contributed by atoms with E-state index in [1.807, 2.05) is 0 Å². The molecule has 0 saturated carbocycles. The molecule has 3 amide bonds. The minimum Gasteiger partial charge on any atom is -0.465 e. The molecule has 1 aliphatic heterocycles. The van der Waals surface area contributed by atoms with Crippen molar-refractivity contribution in [3.8, 4) is 0 Å². The Morgan fingerprint density at radius 2 is 1.47 bits per heavy atom. The second kappa shape index (κ2) is 23.6. The lowest BCUT2D eigenvalue weighted by atomic mass is 9.87. The average molecular weight is 832 g/mol. The number of hydrogen-bond donors (Lipinski definition) is 3. The van der Waals surface area contributed by atoms with E-state index in [-0.39, 0.29) is 46.0 Å². The van der Waals surface area contributed by atoms with E-state index in [0.29, 0.717) is 10.6 Å². The van der Waals surface area contributed by atoms with Gasteiger partial charge in [0.1, 0.15) is 17.8 Å². The van der Waals surface area contributed by atoms with Crippen LogP contribution in [0.4, 0.5) is 4.79 Å². The monoisotopic (exact) mass is 831 g/mol. The number of amides is 3. The molecule has 0 bridgehead atoms. The maximum Gasteiger partial charge on any atom is 0.407 e. The molecule has 19 nitrogen and oxygen atoms in total. The first kappa shape index (κ1) is 48.6. The Morgan fingerprint density at radius 3 is 2.04 bits per heavy atom. The lowest BCUT2D eigenvalue weighted by molar-refractivity contribution is -0.315. The van der Waals surface area contributed by atoms with E-state index in [9.17, 15) is 33.6 Å². The second-order valence-corrected chi connectivity index (χ2v) is 14.2. The molecule has 320 valence electrons. The third-order valence-corrected chi connectivity index (χ3v) is 7.92. The van der Waals surface area contributed by atoms with Crippen LogP contribution < -0.4 is 16.0 Å². The first-order chi connectivity index (χ1) is 26.7. The average Bonchev–Trinajstić information content (AvgIpc) is 3.10. The van der Waals surface area contributed by atoms with Crippen molar-refractivity contribution < 1.29 is 76.2 Å². The Bertz CT molecular complexity index is 1520. The van der Waals surface area contributed by atoms with Crippen molar-refractivity contribution in [1.29, 1.82) is 0 Å². The Labute approximate surface area is 336 Å². The third kappa shape index (κ3) is 18.1. The number of benzene rings is 1. The normalized spacial score (nSPS) is 20.2. The third-order valence-electron chi connectivity index (χ3n) is 7.67. The van der Waals surface area contributed by atoms with Crippen LogP contribution in [-0.4, -0.2) is 137 Å². The van der Waals surface area contributed by atoms with Crippen molar-refractivity contribution in [2.24, 2.45) is 0 Å². The molecular weight excluding hydrogens is 778 g/mol. The number of hydrogen-bond acceptors (Lipinski definition) is 16. The molecule has 1 fully saturated rings. The highest BCUT2D eigenvalue weighted by atomic mass is 35.5. The van der Waals surface area contributed by atoms with Gasteiger partial charge in [0.15, 0.2) is 12.2 Å². The summed E-state index contributed by atoms with van der Waals surface area (Å²) in [5.41, 5.74) is -0.0210. The van der Waals surface area contributed by atoms with Crippen molar-refractivity contribution in [1.82, 2.24) is 16.0 Å². The summed E-state index contributed by atoms with van der Waals surface area (Å²) in [4.78, 5) is 88.2. The van der Waals surface area contributed by atoms with Gasteiger partial charge in [-0.3, -0.25) is 24.0 Å². The van der Waals surface area contributed by atoms with Gasteiger partial charge >= 0.3 is 30.0 Å². The summed E-state index contributed by atoms with van der Waals surface area (Å²) in [6.07, 6.45) is -7.36. The Kier molecular flexibility index (Phi) is 20.1. The predicted octanol–water partition coefficient (Wildman–Crippen LogP) is 1.53. The predicted molar refractivity (Wildman–Crippen MR) is 198 cm³/mol. The van der Waals surface area contributed by atoms with Crippen LogP contribution >= 0.6 is 11.6 Å². The van der Waals surface area contributed by atoms with Gasteiger partial charge in [0.2, 0.25) is 11.8 Å². The van der Waals surface area contributed by atoms with Gasteiger partial charge in [-0.1, -0.05) is 23.7 Å². The molecule has 2 rings (SSSR count). The Balaban J connectivity index is 2.32. The van der Waals surface area contributed by atoms with E-state index in [0.717, 1.165) is 27.9 Å². The van der Waals surface area contributed by atoms with Crippen LogP contribution in [0.15, 0.2) is 24.3 Å². The maximum atomic E-state index is 13.5. The van der Waals surface area contributed by atoms with Crippen molar-refractivity contribution in [3.05, 3.63) is 34.9 Å². The standard InChI is InChI=1S/C37H54ClN3O16/c1-22(42)41-31-28(53-23(2)43)20-37(34(47)49-8,52-18-17-51-16-15-50-14-13-39-35(48)57-36(5,6)7)56-33(31)32(55-25(4)45)29(54-24(3)44)21-40-30(46)19-26-9-11-27(38)12-10-26/h9-12,28-29,31-33H,13-21H2,1-8H3,(H,39,48)(H,40,46)(H,41,42)/t28-,29+,31+,32+,33+,37+/m0/s1. The van der Waals surface area contributed by atoms with Crippen LogP contribution in [0.1, 0.15) is 60.5 Å². The maximum absolute atomic E-state index is 13.5. The number of carbonyl (C=O) groups excluding carboxylic acids is 7. The van der Waals surface area contributed by atoms with E-state index in [4.69, 9.17) is 54.2 Å². The molecule has 1 aromatic carbocycles. The summed E-state index contributed by atoms with van der Waals surface area (Å²) in [5, 5.41) is 8.29. The fourth-order valence-corrected chi connectivity index (χ4v) is 5.69. The molecule has 1 aromatic rings. The molecule has 0 radical (unpaired) electrons. The van der Waals surface area contributed by atoms with Gasteiger partial charge in [-0.2, -0.15) is 0 Å². The molecule has 0 spiro atoms. The van der Waals surface area contributed by atoms with Gasteiger partial charge in [-0.05, 0) is 38.5 Å². The molecule has 1 aliphatic rings. The number of esters is 4. The van der Waals surface area contributed by atoms with Crippen molar-refractivity contribution in [2.45, 2.75) is 103 Å². The van der Waals surface area contributed by atoms with Gasteiger partial charge in [-0.15, -0.1) is 0 Å². The number of halogens is 1. The molecule has 0 aromatic heterocycles. The first-order valence-corrected chi connectivity index (χ1v) is 18.5. The topological polar surface area (TPSA) is 239 Å². The van der Waals surface area contributed by atoms with Crippen LogP contribution in [0.25, 0.3) is 0 Å².